The van der Waals surface area contributed by atoms with Crippen molar-refractivity contribution in [2.45, 2.75) is 32.0 Å². The molecule has 0 radical (unpaired) electrons. The predicted octanol–water partition coefficient (Wildman–Crippen LogP) is 6.76. The summed E-state index contributed by atoms with van der Waals surface area (Å²) in [6.07, 6.45) is 0.846. The van der Waals surface area contributed by atoms with Crippen LogP contribution in [0.4, 0.5) is 4.79 Å². The third kappa shape index (κ3) is 6.28. The molecule has 3 aromatic carbocycles. The number of piperidine rings is 1. The Morgan fingerprint density at radius 2 is 1.38 bits per heavy atom. The van der Waals surface area contributed by atoms with Crippen LogP contribution in [0.2, 0.25) is 0 Å². The molecule has 1 fully saturated rings. The van der Waals surface area contributed by atoms with Crippen LogP contribution in [0.25, 0.3) is 11.1 Å². The molecule has 0 aliphatic carbocycles. The first-order valence-corrected chi connectivity index (χ1v) is 12.6. The lowest BCUT2D eigenvalue weighted by Gasteiger charge is -2.30. The first kappa shape index (κ1) is 24.4. The molecule has 6 nitrogen and oxygen atoms in total. The predicted molar refractivity (Wildman–Crippen MR) is 143 cm³/mol. The standard InChI is InChI=1S/C31H30N2O4/c34-31(35)33-19-17-26(18-20-33)25-11-13-27(14-12-25)28-15-16-29(36-21-23-7-3-1-4-8-23)32-30(28)37-22-24-9-5-2-6-10-24/h1-16,26H,17-22H2,(H,34,35). The lowest BCUT2D eigenvalue weighted by Crippen LogP contribution is -2.36. The smallest absolute Gasteiger partial charge is 0.407 e. The van der Waals surface area contributed by atoms with Crippen LogP contribution in [-0.2, 0) is 13.2 Å². The molecule has 0 spiro atoms. The van der Waals surface area contributed by atoms with Crippen molar-refractivity contribution in [1.82, 2.24) is 9.88 Å². The van der Waals surface area contributed by atoms with Crippen LogP contribution >= 0.6 is 0 Å². The molecule has 188 valence electrons. The van der Waals surface area contributed by atoms with Crippen molar-refractivity contribution in [3.8, 4) is 22.9 Å². The normalized spacial score (nSPS) is 13.8. The first-order valence-electron chi connectivity index (χ1n) is 12.6. The van der Waals surface area contributed by atoms with Crippen LogP contribution in [0, 0.1) is 0 Å². The number of nitrogens with zero attached hydrogens (tertiary/aromatic N) is 2. The van der Waals surface area contributed by atoms with Crippen molar-refractivity contribution in [2.24, 2.45) is 0 Å². The Labute approximate surface area is 217 Å². The van der Waals surface area contributed by atoms with Gasteiger partial charge in [0, 0.05) is 24.7 Å². The van der Waals surface area contributed by atoms with Crippen molar-refractivity contribution in [3.05, 3.63) is 114 Å². The lowest BCUT2D eigenvalue weighted by molar-refractivity contribution is 0.132. The van der Waals surface area contributed by atoms with Gasteiger partial charge in [0.2, 0.25) is 11.8 Å². The van der Waals surface area contributed by atoms with Crippen molar-refractivity contribution in [3.63, 3.8) is 0 Å². The average molecular weight is 495 g/mol. The summed E-state index contributed by atoms with van der Waals surface area (Å²) < 4.78 is 12.2. The molecule has 0 saturated carbocycles. The Morgan fingerprint density at radius 3 is 1.97 bits per heavy atom. The molecule has 0 atom stereocenters. The Bertz CT molecular complexity index is 1300. The van der Waals surface area contributed by atoms with Crippen molar-refractivity contribution < 1.29 is 19.4 Å². The number of likely N-dealkylation sites (tertiary alicyclic amines) is 1. The molecular formula is C31H30N2O4. The number of hydrogen-bond acceptors (Lipinski definition) is 4. The molecule has 1 N–H and O–H groups in total. The van der Waals surface area contributed by atoms with Gasteiger partial charge in [0.1, 0.15) is 13.2 Å². The molecule has 1 amide bonds. The van der Waals surface area contributed by atoms with Gasteiger partial charge in [0.25, 0.3) is 0 Å². The monoisotopic (exact) mass is 494 g/mol. The van der Waals surface area contributed by atoms with E-state index in [2.05, 4.69) is 24.3 Å². The molecule has 1 aromatic heterocycles. The molecule has 0 unspecified atom stereocenters. The number of hydrogen-bond donors (Lipinski definition) is 1. The van der Waals surface area contributed by atoms with Crippen LogP contribution in [0.1, 0.15) is 35.4 Å². The lowest BCUT2D eigenvalue weighted by atomic mass is 9.88. The summed E-state index contributed by atoms with van der Waals surface area (Å²) in [6.45, 7) is 1.99. The molecule has 1 saturated heterocycles. The minimum absolute atomic E-state index is 0.366. The summed E-state index contributed by atoms with van der Waals surface area (Å²) >= 11 is 0. The van der Waals surface area contributed by atoms with E-state index in [9.17, 15) is 9.90 Å². The van der Waals surface area contributed by atoms with Crippen LogP contribution < -0.4 is 9.47 Å². The Hall–Kier alpha value is -4.32. The van der Waals surface area contributed by atoms with Crippen molar-refractivity contribution >= 4 is 6.09 Å². The van der Waals surface area contributed by atoms with Crippen LogP contribution in [0.3, 0.4) is 0 Å². The number of carbonyl (C=O) groups is 1. The first-order chi connectivity index (χ1) is 18.2. The van der Waals surface area contributed by atoms with Gasteiger partial charge in [0.15, 0.2) is 0 Å². The molecule has 2 heterocycles. The van der Waals surface area contributed by atoms with Gasteiger partial charge in [0.05, 0.1) is 0 Å². The van der Waals surface area contributed by atoms with Crippen molar-refractivity contribution in [2.75, 3.05) is 13.1 Å². The highest BCUT2D eigenvalue weighted by molar-refractivity contribution is 5.69. The van der Waals surface area contributed by atoms with Gasteiger partial charge < -0.3 is 19.5 Å². The summed E-state index contributed by atoms with van der Waals surface area (Å²) in [5, 5.41) is 9.21. The molecule has 1 aliphatic heterocycles. The maximum atomic E-state index is 11.2. The summed E-state index contributed by atoms with van der Waals surface area (Å²) in [6, 6.07) is 32.4. The van der Waals surface area contributed by atoms with Gasteiger partial charge in [-0.2, -0.15) is 4.98 Å². The average Bonchev–Trinajstić information content (AvgIpc) is 2.96. The van der Waals surface area contributed by atoms with Crippen molar-refractivity contribution in [1.29, 1.82) is 0 Å². The summed E-state index contributed by atoms with van der Waals surface area (Å²) in [5.74, 6) is 1.40. The number of rotatable bonds is 8. The van der Waals surface area contributed by atoms with Gasteiger partial charge in [-0.25, -0.2) is 4.79 Å². The fraction of sp³-hybridized carbons (Fsp3) is 0.226. The van der Waals surface area contributed by atoms with Gasteiger partial charge in [-0.3, -0.25) is 0 Å². The van der Waals surface area contributed by atoms with Gasteiger partial charge in [-0.05, 0) is 47.1 Å². The number of carboxylic acid groups (broad SMARTS) is 1. The number of ether oxygens (including phenoxy) is 2. The quantitative estimate of drug-likeness (QED) is 0.293. The molecule has 1 aliphatic rings. The van der Waals surface area contributed by atoms with Crippen LogP contribution in [-0.4, -0.2) is 34.2 Å². The van der Waals surface area contributed by atoms with Gasteiger partial charge in [-0.1, -0.05) is 84.9 Å². The summed E-state index contributed by atoms with van der Waals surface area (Å²) in [4.78, 5) is 17.4. The van der Waals surface area contributed by atoms with E-state index in [4.69, 9.17) is 14.5 Å². The summed E-state index contributed by atoms with van der Waals surface area (Å²) in [7, 11) is 0. The maximum Gasteiger partial charge on any atom is 0.407 e. The van der Waals surface area contributed by atoms with Crippen LogP contribution in [0.5, 0.6) is 11.8 Å². The highest BCUT2D eigenvalue weighted by Gasteiger charge is 2.23. The number of benzene rings is 3. The topological polar surface area (TPSA) is 71.9 Å². The fourth-order valence-electron chi connectivity index (χ4n) is 4.63. The van der Waals surface area contributed by atoms with E-state index in [0.717, 1.165) is 35.1 Å². The molecule has 5 rings (SSSR count). The second-order valence-corrected chi connectivity index (χ2v) is 9.22. The highest BCUT2D eigenvalue weighted by atomic mass is 16.5. The number of amides is 1. The Kier molecular flexibility index (Phi) is 7.65. The zero-order valence-electron chi connectivity index (χ0n) is 20.6. The SMILES string of the molecule is O=C(O)N1CCC(c2ccc(-c3ccc(OCc4ccccc4)nc3OCc3ccccc3)cc2)CC1. The third-order valence-electron chi connectivity index (χ3n) is 6.74. The molecule has 37 heavy (non-hydrogen) atoms. The molecule has 0 bridgehead atoms. The second-order valence-electron chi connectivity index (χ2n) is 9.22. The zero-order valence-corrected chi connectivity index (χ0v) is 20.6. The van der Waals surface area contributed by atoms with Gasteiger partial charge in [-0.15, -0.1) is 0 Å². The Balaban J connectivity index is 1.34. The number of pyridine rings is 1. The molecular weight excluding hydrogens is 464 g/mol. The largest absolute Gasteiger partial charge is 0.473 e. The fourth-order valence-corrected chi connectivity index (χ4v) is 4.63. The van der Waals surface area contributed by atoms with Crippen LogP contribution in [0.15, 0.2) is 97.1 Å². The van der Waals surface area contributed by atoms with E-state index < -0.39 is 6.09 Å². The van der Waals surface area contributed by atoms with E-state index in [1.807, 2.05) is 72.8 Å². The molecule has 4 aromatic rings. The van der Waals surface area contributed by atoms with E-state index in [1.54, 1.807) is 0 Å². The van der Waals surface area contributed by atoms with E-state index >= 15 is 0 Å². The Morgan fingerprint density at radius 1 is 0.784 bits per heavy atom. The molecule has 6 heteroatoms. The van der Waals surface area contributed by atoms with Gasteiger partial charge >= 0.3 is 6.09 Å². The summed E-state index contributed by atoms with van der Waals surface area (Å²) in [5.41, 5.74) is 5.28. The van der Waals surface area contributed by atoms with E-state index in [1.165, 1.54) is 10.5 Å². The second kappa shape index (κ2) is 11.6. The highest BCUT2D eigenvalue weighted by Crippen LogP contribution is 2.34. The maximum absolute atomic E-state index is 11.2. The minimum atomic E-state index is -0.833. The third-order valence-corrected chi connectivity index (χ3v) is 6.74. The van der Waals surface area contributed by atoms with E-state index in [0.29, 0.717) is 44.0 Å². The zero-order chi connectivity index (χ0) is 25.5. The van der Waals surface area contributed by atoms with E-state index in [-0.39, 0.29) is 0 Å². The minimum Gasteiger partial charge on any atom is -0.473 e. The number of aromatic nitrogens is 1.